The quantitative estimate of drug-likeness (QED) is 0.224. The first-order chi connectivity index (χ1) is 27.4. The fourth-order valence-electron chi connectivity index (χ4n) is 12.9. The minimum Gasteiger partial charge on any atom is -0.496 e. The number of nitrogens with zero attached hydrogens (tertiary/aromatic N) is 3. The molecule has 6 aliphatic rings. The number of methoxy groups -OCH3 is 2. The predicted molar refractivity (Wildman–Crippen MR) is 214 cm³/mol. The lowest BCUT2D eigenvalue weighted by molar-refractivity contribution is -0.228. The van der Waals surface area contributed by atoms with Crippen LogP contribution in [0.4, 0.5) is 5.69 Å². The number of fused-ring (bicyclic) bond motifs is 6. The van der Waals surface area contributed by atoms with E-state index in [0.717, 1.165) is 52.9 Å². The summed E-state index contributed by atoms with van der Waals surface area (Å²) in [5, 5.41) is 25.4. The summed E-state index contributed by atoms with van der Waals surface area (Å²) in [4.78, 5) is 53.0. The lowest BCUT2D eigenvalue weighted by Crippen LogP contribution is -2.81. The lowest BCUT2D eigenvalue weighted by Gasteiger charge is -2.63. The van der Waals surface area contributed by atoms with Gasteiger partial charge in [0.15, 0.2) is 11.9 Å². The van der Waals surface area contributed by atoms with E-state index in [-0.39, 0.29) is 17.7 Å². The number of aliphatic hydroxyl groups is 2. The minimum absolute atomic E-state index is 0.00270. The van der Waals surface area contributed by atoms with Crippen LogP contribution >= 0.6 is 0 Å². The second-order valence-corrected chi connectivity index (χ2v) is 17.3. The number of hydrogen-bond acceptors (Lipinski definition) is 11. The number of aromatic amines is 1. The van der Waals surface area contributed by atoms with Crippen molar-refractivity contribution in [1.29, 1.82) is 0 Å². The minimum atomic E-state index is -2.29. The molecule has 1 saturated carbocycles. The number of aliphatic hydroxyl groups excluding tert-OH is 1. The zero-order valence-electron chi connectivity index (χ0n) is 33.8. The van der Waals surface area contributed by atoms with Crippen LogP contribution in [0.25, 0.3) is 10.9 Å². The van der Waals surface area contributed by atoms with Crippen LogP contribution in [0.3, 0.4) is 0 Å². The van der Waals surface area contributed by atoms with Gasteiger partial charge in [-0.3, -0.25) is 19.4 Å². The Hall–Kier alpha value is -4.49. The number of aromatic nitrogens is 1. The molecule has 12 heteroatoms. The van der Waals surface area contributed by atoms with Crippen molar-refractivity contribution >= 4 is 34.3 Å². The van der Waals surface area contributed by atoms with Crippen molar-refractivity contribution in [2.75, 3.05) is 59.0 Å². The number of hydrogen-bond donors (Lipinski definition) is 3. The monoisotopic (exact) mass is 778 g/mol. The van der Waals surface area contributed by atoms with Gasteiger partial charge in [-0.15, -0.1) is 0 Å². The van der Waals surface area contributed by atoms with Crippen LogP contribution in [0.5, 0.6) is 5.75 Å². The Morgan fingerprint density at radius 3 is 2.54 bits per heavy atom. The maximum atomic E-state index is 15.1. The van der Waals surface area contributed by atoms with E-state index in [9.17, 15) is 19.8 Å². The molecule has 3 aromatic rings. The van der Waals surface area contributed by atoms with Crippen molar-refractivity contribution in [2.45, 2.75) is 87.6 Å². The van der Waals surface area contributed by atoms with Crippen LogP contribution in [-0.2, 0) is 41.2 Å². The summed E-state index contributed by atoms with van der Waals surface area (Å²) in [7, 11) is 4.72. The smallest absolute Gasteiger partial charge is 0.344 e. The predicted octanol–water partition coefficient (Wildman–Crippen LogP) is 4.14. The molecule has 0 amide bonds. The first-order valence-corrected chi connectivity index (χ1v) is 20.4. The molecule has 12 nitrogen and oxygen atoms in total. The van der Waals surface area contributed by atoms with Gasteiger partial charge in [0.05, 0.1) is 20.3 Å². The van der Waals surface area contributed by atoms with Crippen LogP contribution in [-0.4, -0.2) is 121 Å². The number of rotatable bonds is 8. The molecular formula is C45H54N4O8. The maximum absolute atomic E-state index is 15.1. The van der Waals surface area contributed by atoms with Crippen molar-refractivity contribution < 1.29 is 38.8 Å². The van der Waals surface area contributed by atoms with Gasteiger partial charge in [0.2, 0.25) is 5.60 Å². The molecule has 1 aliphatic carbocycles. The number of carbonyl (C=O) groups excluding carboxylic acids is 3. The summed E-state index contributed by atoms with van der Waals surface area (Å²) in [6.07, 6.45) is 7.52. The van der Waals surface area contributed by atoms with Gasteiger partial charge in [-0.2, -0.15) is 0 Å². The molecule has 0 radical (unpaired) electrons. The number of ketones is 1. The summed E-state index contributed by atoms with van der Waals surface area (Å²) < 4.78 is 17.9. The van der Waals surface area contributed by atoms with Crippen molar-refractivity contribution in [3.05, 3.63) is 82.6 Å². The molecule has 1 spiro atoms. The van der Waals surface area contributed by atoms with Crippen molar-refractivity contribution in [3.63, 3.8) is 0 Å². The van der Waals surface area contributed by atoms with Crippen LogP contribution in [0, 0.1) is 11.3 Å². The van der Waals surface area contributed by atoms with E-state index in [4.69, 9.17) is 14.2 Å². The molecule has 3 N–H and O–H groups in total. The molecule has 6 heterocycles. The van der Waals surface area contributed by atoms with Crippen LogP contribution < -0.4 is 9.64 Å². The number of nitrogens with one attached hydrogen (secondary N) is 1. The van der Waals surface area contributed by atoms with Crippen molar-refractivity contribution in [3.8, 4) is 5.75 Å². The van der Waals surface area contributed by atoms with E-state index in [1.54, 1.807) is 7.11 Å². The normalized spacial score (nSPS) is 35.0. The highest BCUT2D eigenvalue weighted by Crippen LogP contribution is 2.68. The zero-order valence-corrected chi connectivity index (χ0v) is 33.8. The molecule has 9 atom stereocenters. The molecule has 1 aromatic heterocycles. The Labute approximate surface area is 333 Å². The largest absolute Gasteiger partial charge is 0.496 e. The molecule has 9 rings (SSSR count). The van der Waals surface area contributed by atoms with E-state index in [1.165, 1.54) is 19.6 Å². The number of esters is 2. The number of Topliss-reactive ketones (excluding diaryl/α,β-unsaturated/α-hetero) is 1. The Balaban J connectivity index is 1.37. The van der Waals surface area contributed by atoms with Gasteiger partial charge in [0, 0.05) is 90.9 Å². The standard InChI is InChI=1S/C45H54N4O8/c1-7-27-18-28-21-44(36(52)25-50,37-30(24-48(22-27)23-28)29-12-9-10-13-33(29)46-37)32-19-31-34(20-35(32)55-5)47(4)39-43(31)15-17-49-16-11-14-42(8-2,38(43)49)40(57-26(3)51)45(39,54)41(53)56-6/h9-14,18-20,28,38-40,46,50,54H,7-8,15-17,21-25H2,1-6H3/t28-,38-,39+,40?,42+,43+,44+,45-/m0/s1. The SMILES string of the molecule is CCC1=C[C@@H]2C[N@](C1)Cc1c([nH]c3ccccc13)[C@@](C(=O)CO)(c1cc3c(cc1OC)N(C)[C@@H]1[C@]34CCN3CC=C[C@@](CC)(C(OC(C)=O)[C@]1(O)C(=O)OC)[C@H]34)C2. The number of anilines is 1. The third kappa shape index (κ3) is 4.84. The summed E-state index contributed by atoms with van der Waals surface area (Å²) in [6, 6.07) is 11.0. The topological polar surface area (TPSA) is 145 Å². The first-order valence-electron chi connectivity index (χ1n) is 20.4. The van der Waals surface area contributed by atoms with Gasteiger partial charge < -0.3 is 34.3 Å². The van der Waals surface area contributed by atoms with Gasteiger partial charge in [-0.25, -0.2) is 4.79 Å². The molecule has 1 unspecified atom stereocenters. The van der Waals surface area contributed by atoms with E-state index in [1.807, 2.05) is 43.1 Å². The van der Waals surface area contributed by atoms with Crippen molar-refractivity contribution in [1.82, 2.24) is 14.8 Å². The highest BCUT2D eigenvalue weighted by molar-refractivity contribution is 5.99. The second-order valence-electron chi connectivity index (χ2n) is 17.3. The maximum Gasteiger partial charge on any atom is 0.344 e. The number of ether oxygens (including phenoxy) is 3. The fraction of sp³-hybridized carbons (Fsp3) is 0.533. The second kappa shape index (κ2) is 13.3. The molecule has 2 fully saturated rings. The van der Waals surface area contributed by atoms with E-state index >= 15 is 4.79 Å². The van der Waals surface area contributed by atoms with E-state index in [2.05, 4.69) is 52.1 Å². The van der Waals surface area contributed by atoms with Gasteiger partial charge >= 0.3 is 11.9 Å². The van der Waals surface area contributed by atoms with Crippen molar-refractivity contribution in [2.24, 2.45) is 11.3 Å². The Kier molecular flexibility index (Phi) is 8.86. The highest BCUT2D eigenvalue weighted by Gasteiger charge is 2.80. The van der Waals surface area contributed by atoms with Gasteiger partial charge in [0.25, 0.3) is 0 Å². The number of benzene rings is 2. The summed E-state index contributed by atoms with van der Waals surface area (Å²) in [6.45, 7) is 8.37. The molecule has 2 aromatic carbocycles. The first kappa shape index (κ1) is 38.1. The van der Waals surface area contributed by atoms with E-state index < -0.39 is 52.5 Å². The molecule has 57 heavy (non-hydrogen) atoms. The average molecular weight is 779 g/mol. The number of likely N-dealkylation sites (N-methyl/N-ethyl adjacent to an activating group) is 1. The van der Waals surface area contributed by atoms with Crippen LogP contribution in [0.1, 0.15) is 68.8 Å². The van der Waals surface area contributed by atoms with Gasteiger partial charge in [-0.1, -0.05) is 55.8 Å². The fourth-order valence-corrected chi connectivity index (χ4v) is 12.9. The number of para-hydroxylation sites is 1. The molecule has 302 valence electrons. The number of carbonyl (C=O) groups is 3. The Morgan fingerprint density at radius 1 is 1.05 bits per heavy atom. The van der Waals surface area contributed by atoms with Gasteiger partial charge in [-0.05, 0) is 61.4 Å². The lowest BCUT2D eigenvalue weighted by atomic mass is 9.47. The van der Waals surface area contributed by atoms with Crippen LogP contribution in [0.15, 0.2) is 60.2 Å². The van der Waals surface area contributed by atoms with E-state index in [0.29, 0.717) is 50.2 Å². The highest BCUT2D eigenvalue weighted by atomic mass is 16.6. The Morgan fingerprint density at radius 2 is 1.84 bits per heavy atom. The third-order valence-electron chi connectivity index (χ3n) is 14.8. The third-order valence-corrected chi connectivity index (χ3v) is 14.8. The zero-order chi connectivity index (χ0) is 40.2. The average Bonchev–Trinajstić information content (AvgIpc) is 3.87. The molecular weight excluding hydrogens is 725 g/mol. The van der Waals surface area contributed by atoms with Gasteiger partial charge in [0.1, 0.15) is 17.8 Å². The molecule has 2 bridgehead atoms. The Bertz CT molecular complexity index is 2250. The van der Waals surface area contributed by atoms with Crippen LogP contribution in [0.2, 0.25) is 0 Å². The molecule has 5 aliphatic heterocycles. The number of H-pyrrole nitrogens is 1. The summed E-state index contributed by atoms with van der Waals surface area (Å²) in [5.41, 5.74) is 0.771. The molecule has 1 saturated heterocycles. The summed E-state index contributed by atoms with van der Waals surface area (Å²) >= 11 is 0. The summed E-state index contributed by atoms with van der Waals surface area (Å²) in [5.74, 6) is -1.34.